The molecule has 1 aliphatic carbocycles. The van der Waals surface area contributed by atoms with Crippen molar-refractivity contribution in [3.63, 3.8) is 0 Å². The van der Waals surface area contributed by atoms with E-state index in [1.54, 1.807) is 12.1 Å². The summed E-state index contributed by atoms with van der Waals surface area (Å²) < 4.78 is 0. The maximum absolute atomic E-state index is 11.4. The molecule has 0 aromatic carbocycles. The van der Waals surface area contributed by atoms with Crippen molar-refractivity contribution in [2.24, 2.45) is 5.73 Å². The van der Waals surface area contributed by atoms with Crippen LogP contribution in [0.4, 0.5) is 5.82 Å². The molecule has 6 nitrogen and oxygen atoms in total. The molecule has 0 bridgehead atoms. The fourth-order valence-electron chi connectivity index (χ4n) is 1.77. The summed E-state index contributed by atoms with van der Waals surface area (Å²) in [5.74, 6) is 0.493. The Morgan fingerprint density at radius 3 is 2.76 bits per heavy atom. The van der Waals surface area contributed by atoms with Crippen LogP contribution in [0.15, 0.2) is 12.1 Å². The molecule has 0 spiro atoms. The van der Waals surface area contributed by atoms with Gasteiger partial charge in [0.2, 0.25) is 0 Å². The van der Waals surface area contributed by atoms with Gasteiger partial charge in [-0.2, -0.15) is 0 Å². The number of hydrogen-bond acceptors (Lipinski definition) is 5. The summed E-state index contributed by atoms with van der Waals surface area (Å²) in [6.07, 6.45) is 1.92. The van der Waals surface area contributed by atoms with E-state index in [-0.39, 0.29) is 5.91 Å². The highest BCUT2D eigenvalue weighted by molar-refractivity contribution is 5.92. The molecule has 1 fully saturated rings. The second kappa shape index (κ2) is 5.09. The first-order valence-corrected chi connectivity index (χ1v) is 5.83. The molecule has 92 valence electrons. The molecule has 6 heteroatoms. The molecule has 0 aliphatic heterocycles. The predicted molar refractivity (Wildman–Crippen MR) is 64.7 cm³/mol. The van der Waals surface area contributed by atoms with Crippen LogP contribution in [0.1, 0.15) is 30.3 Å². The monoisotopic (exact) mass is 235 g/mol. The molecular weight excluding hydrogens is 218 g/mol. The van der Waals surface area contributed by atoms with Crippen LogP contribution in [-0.4, -0.2) is 34.7 Å². The fourth-order valence-corrected chi connectivity index (χ4v) is 1.77. The lowest BCUT2D eigenvalue weighted by Crippen LogP contribution is -2.44. The topological polar surface area (TPSA) is 92.9 Å². The second-order valence-corrected chi connectivity index (χ2v) is 4.24. The van der Waals surface area contributed by atoms with Crippen LogP contribution >= 0.6 is 0 Å². The Morgan fingerprint density at radius 2 is 2.24 bits per heavy atom. The summed E-state index contributed by atoms with van der Waals surface area (Å²) in [4.78, 5) is 11.4. The highest BCUT2D eigenvalue weighted by Gasteiger charge is 2.25. The number of nitrogens with two attached hydrogens (primary N) is 1. The number of carbonyl (C=O) groups excluding carboxylic acids is 1. The summed E-state index contributed by atoms with van der Waals surface area (Å²) in [7, 11) is 0. The van der Waals surface area contributed by atoms with Crippen LogP contribution in [0.2, 0.25) is 0 Å². The summed E-state index contributed by atoms with van der Waals surface area (Å²) in [6, 6.07) is 4.12. The smallest absolute Gasteiger partial charge is 0.271 e. The number of hydrogen-bond donors (Lipinski definition) is 3. The molecule has 0 atom stereocenters. The van der Waals surface area contributed by atoms with Gasteiger partial charge >= 0.3 is 0 Å². The zero-order valence-electron chi connectivity index (χ0n) is 9.81. The van der Waals surface area contributed by atoms with Gasteiger partial charge in [0, 0.05) is 18.6 Å². The van der Waals surface area contributed by atoms with Crippen LogP contribution in [0, 0.1) is 0 Å². The lowest BCUT2D eigenvalue weighted by Gasteiger charge is -2.33. The van der Waals surface area contributed by atoms with E-state index in [1.165, 1.54) is 0 Å². The van der Waals surface area contributed by atoms with E-state index in [0.717, 1.165) is 12.8 Å². The van der Waals surface area contributed by atoms with Crippen molar-refractivity contribution in [1.82, 2.24) is 15.5 Å². The molecule has 0 radical (unpaired) electrons. The van der Waals surface area contributed by atoms with Crippen molar-refractivity contribution in [2.75, 3.05) is 11.9 Å². The Labute approximate surface area is 100.0 Å². The van der Waals surface area contributed by atoms with E-state index in [2.05, 4.69) is 20.8 Å². The molecule has 4 N–H and O–H groups in total. The van der Waals surface area contributed by atoms with E-state index in [4.69, 9.17) is 5.73 Å². The van der Waals surface area contributed by atoms with Crippen molar-refractivity contribution in [3.05, 3.63) is 17.8 Å². The summed E-state index contributed by atoms with van der Waals surface area (Å²) in [5.41, 5.74) is 6.03. The minimum Gasteiger partial charge on any atom is -0.366 e. The van der Waals surface area contributed by atoms with Crippen molar-refractivity contribution >= 4 is 11.7 Å². The van der Waals surface area contributed by atoms with Crippen molar-refractivity contribution in [3.8, 4) is 0 Å². The minimum absolute atomic E-state index is 0.197. The average Bonchev–Trinajstić information content (AvgIpc) is 2.28. The second-order valence-electron chi connectivity index (χ2n) is 4.24. The molecule has 2 rings (SSSR count). The average molecular weight is 235 g/mol. The van der Waals surface area contributed by atoms with Crippen molar-refractivity contribution < 1.29 is 4.79 Å². The van der Waals surface area contributed by atoms with Crippen LogP contribution in [-0.2, 0) is 0 Å². The Morgan fingerprint density at radius 1 is 1.47 bits per heavy atom. The Hall–Kier alpha value is -1.69. The lowest BCUT2D eigenvalue weighted by molar-refractivity contribution is 0.0950. The van der Waals surface area contributed by atoms with E-state index in [1.807, 2.05) is 6.92 Å². The van der Waals surface area contributed by atoms with Crippen LogP contribution < -0.4 is 16.4 Å². The third-order valence-electron chi connectivity index (χ3n) is 2.76. The van der Waals surface area contributed by atoms with Crippen LogP contribution in [0.25, 0.3) is 0 Å². The molecule has 0 saturated heterocycles. The van der Waals surface area contributed by atoms with E-state index >= 15 is 0 Å². The SMILES string of the molecule is CCNC(=O)c1ccc(NC2CC(N)C2)nn1. The minimum atomic E-state index is -0.197. The molecule has 1 amide bonds. The number of amides is 1. The van der Waals surface area contributed by atoms with Gasteiger partial charge in [0.05, 0.1) is 0 Å². The maximum Gasteiger partial charge on any atom is 0.271 e. The summed E-state index contributed by atoms with van der Waals surface area (Å²) >= 11 is 0. The normalized spacial score (nSPS) is 22.7. The van der Waals surface area contributed by atoms with Gasteiger partial charge in [0.15, 0.2) is 5.69 Å². The van der Waals surface area contributed by atoms with Gasteiger partial charge in [-0.25, -0.2) is 0 Å². The predicted octanol–water partition coefficient (Wildman–Crippen LogP) is 0.128. The molecule has 0 unspecified atom stereocenters. The first kappa shape index (κ1) is 11.8. The van der Waals surface area contributed by atoms with Gasteiger partial charge in [-0.1, -0.05) is 0 Å². The standard InChI is InChI=1S/C11H17N5O/c1-2-13-11(17)9-3-4-10(16-15-9)14-8-5-7(12)6-8/h3-4,7-8H,2,5-6,12H2,1H3,(H,13,17)(H,14,16). The van der Waals surface area contributed by atoms with Gasteiger partial charge in [0.1, 0.15) is 5.82 Å². The third kappa shape index (κ3) is 2.91. The first-order chi connectivity index (χ1) is 8.19. The van der Waals surface area contributed by atoms with Gasteiger partial charge in [0.25, 0.3) is 5.91 Å². The molecule has 1 aliphatic rings. The Balaban J connectivity index is 1.91. The quantitative estimate of drug-likeness (QED) is 0.689. The number of aromatic nitrogens is 2. The number of anilines is 1. The molecule has 1 aromatic rings. The zero-order chi connectivity index (χ0) is 12.3. The van der Waals surface area contributed by atoms with E-state index < -0.39 is 0 Å². The molecule has 1 saturated carbocycles. The summed E-state index contributed by atoms with van der Waals surface area (Å²) in [6.45, 7) is 2.45. The Kier molecular flexibility index (Phi) is 3.53. The highest BCUT2D eigenvalue weighted by atomic mass is 16.1. The number of rotatable bonds is 4. The highest BCUT2D eigenvalue weighted by Crippen LogP contribution is 2.21. The number of carbonyl (C=O) groups is 1. The zero-order valence-corrected chi connectivity index (χ0v) is 9.81. The van der Waals surface area contributed by atoms with Crippen LogP contribution in [0.3, 0.4) is 0 Å². The third-order valence-corrected chi connectivity index (χ3v) is 2.76. The fraction of sp³-hybridized carbons (Fsp3) is 0.545. The van der Waals surface area contributed by atoms with Crippen molar-refractivity contribution in [1.29, 1.82) is 0 Å². The molecule has 17 heavy (non-hydrogen) atoms. The molecule has 1 heterocycles. The lowest BCUT2D eigenvalue weighted by atomic mass is 9.88. The van der Waals surface area contributed by atoms with Gasteiger partial charge in [-0.15, -0.1) is 10.2 Å². The Bertz CT molecular complexity index is 385. The molecular formula is C11H17N5O. The molecule has 1 aromatic heterocycles. The van der Waals surface area contributed by atoms with Crippen molar-refractivity contribution in [2.45, 2.75) is 31.8 Å². The number of nitrogens with one attached hydrogen (secondary N) is 2. The van der Waals surface area contributed by atoms with Gasteiger partial charge < -0.3 is 16.4 Å². The van der Waals surface area contributed by atoms with E-state index in [9.17, 15) is 4.79 Å². The van der Waals surface area contributed by atoms with Crippen LogP contribution in [0.5, 0.6) is 0 Å². The van der Waals surface area contributed by atoms with E-state index in [0.29, 0.717) is 30.1 Å². The first-order valence-electron chi connectivity index (χ1n) is 5.83. The van der Waals surface area contributed by atoms with Gasteiger partial charge in [-0.05, 0) is 31.9 Å². The van der Waals surface area contributed by atoms with Gasteiger partial charge in [-0.3, -0.25) is 4.79 Å². The number of nitrogens with zero attached hydrogens (tertiary/aromatic N) is 2. The summed E-state index contributed by atoms with van der Waals surface area (Å²) in [5, 5.41) is 13.7. The maximum atomic E-state index is 11.4. The largest absolute Gasteiger partial charge is 0.366 e.